The van der Waals surface area contributed by atoms with Crippen molar-refractivity contribution >= 4 is 11.8 Å². The van der Waals surface area contributed by atoms with Crippen molar-refractivity contribution in [1.29, 1.82) is 0 Å². The molecule has 3 aromatic rings. The van der Waals surface area contributed by atoms with Crippen LogP contribution in [-0.2, 0) is 6.42 Å². The molecule has 126 valence electrons. The molecule has 2 nitrogen and oxygen atoms in total. The van der Waals surface area contributed by atoms with E-state index in [1.165, 1.54) is 11.1 Å². The summed E-state index contributed by atoms with van der Waals surface area (Å²) in [6, 6.07) is 29.2. The van der Waals surface area contributed by atoms with Crippen LogP contribution in [0.2, 0.25) is 0 Å². The SMILES string of the molecule is Nc1ccc(/C=C/C(NCCc2ccccc2)c2ccccc2)cc1. The number of nitrogens with two attached hydrogens (primary N) is 1. The van der Waals surface area contributed by atoms with Crippen LogP contribution >= 0.6 is 0 Å². The fourth-order valence-corrected chi connectivity index (χ4v) is 2.79. The zero-order valence-corrected chi connectivity index (χ0v) is 14.3. The Morgan fingerprint density at radius 3 is 2.12 bits per heavy atom. The molecule has 0 fully saturated rings. The van der Waals surface area contributed by atoms with Crippen LogP contribution in [0.3, 0.4) is 0 Å². The summed E-state index contributed by atoms with van der Waals surface area (Å²) in [5.41, 5.74) is 10.3. The van der Waals surface area contributed by atoms with Crippen LogP contribution in [0.4, 0.5) is 5.69 Å². The fourth-order valence-electron chi connectivity index (χ4n) is 2.79. The second-order valence-corrected chi connectivity index (χ2v) is 6.10. The van der Waals surface area contributed by atoms with Crippen molar-refractivity contribution < 1.29 is 0 Å². The summed E-state index contributed by atoms with van der Waals surface area (Å²) in [5.74, 6) is 0. The van der Waals surface area contributed by atoms with Gasteiger partial charge in [-0.25, -0.2) is 0 Å². The monoisotopic (exact) mass is 328 g/mol. The molecule has 0 bridgehead atoms. The Kier molecular flexibility index (Phi) is 6.02. The van der Waals surface area contributed by atoms with Crippen LogP contribution in [-0.4, -0.2) is 6.54 Å². The van der Waals surface area contributed by atoms with Crippen molar-refractivity contribution in [3.05, 3.63) is 108 Å². The third-order valence-electron chi connectivity index (χ3n) is 4.20. The van der Waals surface area contributed by atoms with Gasteiger partial charge in [-0.1, -0.05) is 84.9 Å². The van der Waals surface area contributed by atoms with Gasteiger partial charge >= 0.3 is 0 Å². The van der Waals surface area contributed by atoms with E-state index in [0.717, 1.165) is 24.2 Å². The smallest absolute Gasteiger partial charge is 0.0509 e. The van der Waals surface area contributed by atoms with Crippen molar-refractivity contribution in [2.45, 2.75) is 12.5 Å². The molecule has 0 radical (unpaired) electrons. The number of hydrogen-bond donors (Lipinski definition) is 2. The predicted molar refractivity (Wildman–Crippen MR) is 107 cm³/mol. The van der Waals surface area contributed by atoms with Crippen LogP contribution in [0.25, 0.3) is 6.08 Å². The van der Waals surface area contributed by atoms with Gasteiger partial charge in [0.05, 0.1) is 6.04 Å². The molecule has 2 heteroatoms. The minimum atomic E-state index is 0.183. The molecule has 0 spiro atoms. The molecule has 0 aliphatic heterocycles. The van der Waals surface area contributed by atoms with Crippen LogP contribution in [0.15, 0.2) is 91.0 Å². The molecule has 0 heterocycles. The topological polar surface area (TPSA) is 38.0 Å². The summed E-state index contributed by atoms with van der Waals surface area (Å²) >= 11 is 0. The molecule has 0 saturated heterocycles. The molecule has 1 unspecified atom stereocenters. The third kappa shape index (κ3) is 5.33. The zero-order valence-electron chi connectivity index (χ0n) is 14.3. The van der Waals surface area contributed by atoms with Crippen LogP contribution in [0, 0.1) is 0 Å². The van der Waals surface area contributed by atoms with Crippen molar-refractivity contribution in [1.82, 2.24) is 5.32 Å². The standard InChI is InChI=1S/C23H24N2/c24-22-14-11-20(12-15-22)13-16-23(21-9-5-2-6-10-21)25-18-17-19-7-3-1-4-8-19/h1-16,23,25H,17-18,24H2/b16-13+. The molecule has 0 aliphatic carbocycles. The number of rotatable bonds is 7. The van der Waals surface area contributed by atoms with Crippen molar-refractivity contribution in [2.24, 2.45) is 0 Å². The van der Waals surface area contributed by atoms with Crippen molar-refractivity contribution in [3.63, 3.8) is 0 Å². The molecule has 3 aromatic carbocycles. The largest absolute Gasteiger partial charge is 0.399 e. The Morgan fingerprint density at radius 2 is 1.44 bits per heavy atom. The minimum Gasteiger partial charge on any atom is -0.399 e. The maximum atomic E-state index is 5.76. The summed E-state index contributed by atoms with van der Waals surface area (Å²) in [6.45, 7) is 0.926. The van der Waals surface area contributed by atoms with Gasteiger partial charge in [0.2, 0.25) is 0 Å². The van der Waals surface area contributed by atoms with Gasteiger partial charge in [0, 0.05) is 12.2 Å². The molecule has 0 aliphatic rings. The minimum absolute atomic E-state index is 0.183. The van der Waals surface area contributed by atoms with Gasteiger partial charge in [-0.3, -0.25) is 0 Å². The first kappa shape index (κ1) is 17.0. The Morgan fingerprint density at radius 1 is 0.800 bits per heavy atom. The Hall–Kier alpha value is -2.84. The summed E-state index contributed by atoms with van der Waals surface area (Å²) in [5, 5.41) is 3.65. The molecule has 0 amide bonds. The normalized spacial score (nSPS) is 12.3. The lowest BCUT2D eigenvalue weighted by molar-refractivity contribution is 0.622. The maximum Gasteiger partial charge on any atom is 0.0509 e. The van der Waals surface area contributed by atoms with Gasteiger partial charge in [0.1, 0.15) is 0 Å². The van der Waals surface area contributed by atoms with E-state index < -0.39 is 0 Å². The van der Waals surface area contributed by atoms with Crippen LogP contribution in [0.5, 0.6) is 0 Å². The Bertz CT molecular complexity index is 777. The number of nitrogen functional groups attached to an aromatic ring is 1. The highest BCUT2D eigenvalue weighted by Crippen LogP contribution is 2.17. The summed E-state index contributed by atoms with van der Waals surface area (Å²) < 4.78 is 0. The van der Waals surface area contributed by atoms with E-state index in [1.54, 1.807) is 0 Å². The molecular weight excluding hydrogens is 304 g/mol. The highest BCUT2D eigenvalue weighted by atomic mass is 14.9. The lowest BCUT2D eigenvalue weighted by Crippen LogP contribution is -2.22. The average molecular weight is 328 g/mol. The highest BCUT2D eigenvalue weighted by molar-refractivity contribution is 5.54. The first-order valence-electron chi connectivity index (χ1n) is 8.67. The van der Waals surface area contributed by atoms with E-state index in [0.29, 0.717) is 0 Å². The first-order chi connectivity index (χ1) is 12.3. The van der Waals surface area contributed by atoms with Gasteiger partial charge in [-0.05, 0) is 35.2 Å². The van der Waals surface area contributed by atoms with Gasteiger partial charge in [0.15, 0.2) is 0 Å². The van der Waals surface area contributed by atoms with E-state index >= 15 is 0 Å². The summed E-state index contributed by atoms with van der Waals surface area (Å²) in [4.78, 5) is 0. The van der Waals surface area contributed by atoms with E-state index in [4.69, 9.17) is 5.73 Å². The van der Waals surface area contributed by atoms with E-state index in [-0.39, 0.29) is 6.04 Å². The van der Waals surface area contributed by atoms with Crippen LogP contribution < -0.4 is 11.1 Å². The maximum absolute atomic E-state index is 5.76. The molecule has 3 N–H and O–H groups in total. The van der Waals surface area contributed by atoms with Gasteiger partial charge in [0.25, 0.3) is 0 Å². The Labute approximate surface area is 150 Å². The van der Waals surface area contributed by atoms with Gasteiger partial charge < -0.3 is 11.1 Å². The number of anilines is 1. The van der Waals surface area contributed by atoms with Crippen molar-refractivity contribution in [2.75, 3.05) is 12.3 Å². The van der Waals surface area contributed by atoms with Gasteiger partial charge in [-0.2, -0.15) is 0 Å². The molecule has 25 heavy (non-hydrogen) atoms. The van der Waals surface area contributed by atoms with E-state index in [9.17, 15) is 0 Å². The van der Waals surface area contributed by atoms with E-state index in [2.05, 4.69) is 72.1 Å². The number of benzene rings is 3. The molecule has 3 rings (SSSR count). The Balaban J connectivity index is 1.68. The average Bonchev–Trinajstić information content (AvgIpc) is 2.67. The summed E-state index contributed by atoms with van der Waals surface area (Å²) in [6.07, 6.45) is 5.37. The van der Waals surface area contributed by atoms with Gasteiger partial charge in [-0.15, -0.1) is 0 Å². The molecule has 0 saturated carbocycles. The fraction of sp³-hybridized carbons (Fsp3) is 0.130. The number of nitrogens with one attached hydrogen (secondary N) is 1. The predicted octanol–water partition coefficient (Wildman–Crippen LogP) is 4.86. The second-order valence-electron chi connectivity index (χ2n) is 6.10. The van der Waals surface area contributed by atoms with Crippen LogP contribution in [0.1, 0.15) is 22.7 Å². The zero-order chi connectivity index (χ0) is 17.3. The highest BCUT2D eigenvalue weighted by Gasteiger charge is 2.06. The lowest BCUT2D eigenvalue weighted by atomic mass is 10.0. The van der Waals surface area contributed by atoms with E-state index in [1.807, 2.05) is 30.3 Å². The molecule has 1 atom stereocenters. The summed E-state index contributed by atoms with van der Waals surface area (Å²) in [7, 11) is 0. The number of hydrogen-bond acceptors (Lipinski definition) is 2. The first-order valence-corrected chi connectivity index (χ1v) is 8.67. The third-order valence-corrected chi connectivity index (χ3v) is 4.20. The lowest BCUT2D eigenvalue weighted by Gasteiger charge is -2.16. The second kappa shape index (κ2) is 8.86. The molecular formula is C23H24N2. The van der Waals surface area contributed by atoms with Crippen molar-refractivity contribution in [3.8, 4) is 0 Å². The quantitative estimate of drug-likeness (QED) is 0.608. The molecule has 0 aromatic heterocycles.